The van der Waals surface area contributed by atoms with Gasteiger partial charge in [-0.25, -0.2) is 13.1 Å². The second kappa shape index (κ2) is 7.84. The summed E-state index contributed by atoms with van der Waals surface area (Å²) in [6.45, 7) is 4.20. The van der Waals surface area contributed by atoms with E-state index in [0.717, 1.165) is 12.0 Å². The second-order valence-corrected chi connectivity index (χ2v) is 8.33. The van der Waals surface area contributed by atoms with Crippen LogP contribution in [0.2, 0.25) is 0 Å². The molecule has 1 amide bonds. The van der Waals surface area contributed by atoms with Crippen LogP contribution in [0.4, 0.5) is 0 Å². The molecule has 1 unspecified atom stereocenters. The fraction of sp³-hybridized carbons (Fsp3) is 0.389. The lowest BCUT2D eigenvalue weighted by atomic mass is 9.97. The first-order valence-electron chi connectivity index (χ1n) is 8.20. The minimum absolute atomic E-state index is 0.0720. The van der Waals surface area contributed by atoms with Crippen molar-refractivity contribution in [1.82, 2.24) is 14.6 Å². The third-order valence-electron chi connectivity index (χ3n) is 4.01. The highest BCUT2D eigenvalue weighted by Crippen LogP contribution is 2.22. The highest BCUT2D eigenvalue weighted by atomic mass is 32.2. The van der Waals surface area contributed by atoms with Crippen molar-refractivity contribution >= 4 is 15.9 Å². The fourth-order valence-corrected chi connectivity index (χ4v) is 3.49. The van der Waals surface area contributed by atoms with E-state index in [1.54, 1.807) is 7.05 Å². The Kier molecular flexibility index (Phi) is 6.02. The molecular weight excluding hydrogens is 338 g/mol. The number of aromatic nitrogens is 1. The van der Waals surface area contributed by atoms with E-state index in [1.165, 1.54) is 23.9 Å². The van der Waals surface area contributed by atoms with Crippen LogP contribution in [0, 0.1) is 5.92 Å². The van der Waals surface area contributed by atoms with Crippen molar-refractivity contribution < 1.29 is 13.2 Å². The zero-order chi connectivity index (χ0) is 18.6. The molecule has 2 rings (SSSR count). The van der Waals surface area contributed by atoms with E-state index in [9.17, 15) is 13.2 Å². The number of nitrogens with zero attached hydrogens (tertiary/aromatic N) is 1. The molecule has 0 radical (unpaired) electrons. The van der Waals surface area contributed by atoms with Gasteiger partial charge in [0.2, 0.25) is 10.0 Å². The predicted octanol–water partition coefficient (Wildman–Crippen LogP) is 2.45. The average molecular weight is 363 g/mol. The Labute approximate surface area is 149 Å². The van der Waals surface area contributed by atoms with Crippen LogP contribution in [-0.4, -0.2) is 25.9 Å². The Bertz CT molecular complexity index is 827. The molecule has 1 aromatic carbocycles. The number of aryl methyl sites for hydroxylation is 1. The summed E-state index contributed by atoms with van der Waals surface area (Å²) in [5.41, 5.74) is 1.33. The number of carbonyl (C=O) groups excluding carboxylic acids is 1. The molecule has 0 saturated carbocycles. The number of nitrogens with one attached hydrogen (secondary N) is 2. The van der Waals surface area contributed by atoms with Gasteiger partial charge in [-0.3, -0.25) is 4.79 Å². The molecule has 2 aromatic rings. The molecule has 0 bridgehead atoms. The summed E-state index contributed by atoms with van der Waals surface area (Å²) in [6, 6.07) is 11.0. The molecule has 1 heterocycles. The molecule has 0 fully saturated rings. The molecule has 25 heavy (non-hydrogen) atoms. The molecule has 0 aliphatic rings. The Morgan fingerprint density at radius 3 is 2.40 bits per heavy atom. The van der Waals surface area contributed by atoms with Gasteiger partial charge in [-0.15, -0.1) is 0 Å². The fourth-order valence-electron chi connectivity index (χ4n) is 2.69. The van der Waals surface area contributed by atoms with Crippen LogP contribution in [-0.2, 0) is 17.1 Å². The quantitative estimate of drug-likeness (QED) is 0.793. The number of carbonyl (C=O) groups is 1. The number of hydrogen-bond donors (Lipinski definition) is 2. The molecule has 7 heteroatoms. The van der Waals surface area contributed by atoms with Crippen molar-refractivity contribution in [1.29, 1.82) is 0 Å². The number of amides is 1. The number of rotatable bonds is 7. The summed E-state index contributed by atoms with van der Waals surface area (Å²) < 4.78 is 27.6. The maximum Gasteiger partial charge on any atom is 0.268 e. The van der Waals surface area contributed by atoms with E-state index >= 15 is 0 Å². The third kappa shape index (κ3) is 4.70. The van der Waals surface area contributed by atoms with Crippen molar-refractivity contribution in [2.24, 2.45) is 13.0 Å². The molecular formula is C18H25N3O3S. The normalized spacial score (nSPS) is 13.0. The first-order valence-corrected chi connectivity index (χ1v) is 9.68. The minimum Gasteiger partial charge on any atom is -0.345 e. The summed E-state index contributed by atoms with van der Waals surface area (Å²) in [7, 11) is -0.584. The molecule has 1 atom stereocenters. The van der Waals surface area contributed by atoms with Gasteiger partial charge in [-0.2, -0.15) is 0 Å². The standard InChI is InChI=1S/C18H25N3O3S/c1-13(2)10-16(14-8-6-5-7-9-14)20-18(22)17-11-15(12-21(17)4)25(23,24)19-3/h5-9,11-13,16,19H,10H2,1-4H3,(H,20,22). The highest BCUT2D eigenvalue weighted by molar-refractivity contribution is 7.89. The summed E-state index contributed by atoms with van der Waals surface area (Å²) in [5, 5.41) is 3.03. The summed E-state index contributed by atoms with van der Waals surface area (Å²) >= 11 is 0. The molecule has 6 nitrogen and oxygen atoms in total. The molecule has 2 N–H and O–H groups in total. The topological polar surface area (TPSA) is 80.2 Å². The lowest BCUT2D eigenvalue weighted by molar-refractivity contribution is 0.0923. The maximum absolute atomic E-state index is 12.7. The van der Waals surface area contributed by atoms with Gasteiger partial charge in [-0.05, 0) is 31.0 Å². The smallest absolute Gasteiger partial charge is 0.268 e. The molecule has 136 valence electrons. The lowest BCUT2D eigenvalue weighted by Gasteiger charge is -2.21. The summed E-state index contributed by atoms with van der Waals surface area (Å²) in [4.78, 5) is 12.8. The molecule has 0 saturated heterocycles. The Morgan fingerprint density at radius 2 is 1.84 bits per heavy atom. The summed E-state index contributed by atoms with van der Waals surface area (Å²) in [6.07, 6.45) is 2.22. The van der Waals surface area contributed by atoms with Crippen molar-refractivity contribution in [3.05, 3.63) is 53.9 Å². The number of benzene rings is 1. The Hall–Kier alpha value is -2.12. The van der Waals surface area contributed by atoms with Gasteiger partial charge < -0.3 is 9.88 Å². The van der Waals surface area contributed by atoms with Crippen molar-refractivity contribution in [2.75, 3.05) is 7.05 Å². The van der Waals surface area contributed by atoms with Crippen molar-refractivity contribution in [2.45, 2.75) is 31.2 Å². The average Bonchev–Trinajstić information content (AvgIpc) is 2.97. The zero-order valence-corrected chi connectivity index (χ0v) is 15.8. The van der Waals surface area contributed by atoms with E-state index < -0.39 is 10.0 Å². The minimum atomic E-state index is -3.58. The maximum atomic E-state index is 12.7. The van der Waals surface area contributed by atoms with Gasteiger partial charge in [0.25, 0.3) is 5.91 Å². The molecule has 0 aliphatic carbocycles. The first kappa shape index (κ1) is 19.2. The van der Waals surface area contributed by atoms with Gasteiger partial charge in [0.1, 0.15) is 10.6 Å². The molecule has 0 aliphatic heterocycles. The predicted molar refractivity (Wildman–Crippen MR) is 97.8 cm³/mol. The van der Waals surface area contributed by atoms with Crippen LogP contribution in [0.3, 0.4) is 0 Å². The van der Waals surface area contributed by atoms with E-state index in [-0.39, 0.29) is 16.8 Å². The first-order chi connectivity index (χ1) is 11.7. The third-order valence-corrected chi connectivity index (χ3v) is 5.39. The zero-order valence-electron chi connectivity index (χ0n) is 15.0. The SMILES string of the molecule is CNS(=O)(=O)c1cc(C(=O)NC(CC(C)C)c2ccccc2)n(C)c1. The second-order valence-electron chi connectivity index (χ2n) is 6.45. The van der Waals surface area contributed by atoms with Crippen LogP contribution in [0.1, 0.15) is 42.4 Å². The van der Waals surface area contributed by atoms with Crippen molar-refractivity contribution in [3.63, 3.8) is 0 Å². The highest BCUT2D eigenvalue weighted by Gasteiger charge is 2.22. The summed E-state index contributed by atoms with van der Waals surface area (Å²) in [5.74, 6) is 0.105. The van der Waals surface area contributed by atoms with Gasteiger partial charge in [-0.1, -0.05) is 44.2 Å². The lowest BCUT2D eigenvalue weighted by Crippen LogP contribution is -2.30. The van der Waals surface area contributed by atoms with Crippen LogP contribution in [0.15, 0.2) is 47.5 Å². The van der Waals surface area contributed by atoms with Crippen molar-refractivity contribution in [3.8, 4) is 0 Å². The Balaban J connectivity index is 2.27. The van der Waals surface area contributed by atoms with Gasteiger partial charge in [0.05, 0.1) is 6.04 Å². The van der Waals surface area contributed by atoms with Crippen LogP contribution < -0.4 is 10.0 Å². The van der Waals surface area contributed by atoms with Gasteiger partial charge in [0.15, 0.2) is 0 Å². The molecule has 0 spiro atoms. The van der Waals surface area contributed by atoms with E-state index in [0.29, 0.717) is 11.6 Å². The largest absolute Gasteiger partial charge is 0.345 e. The van der Waals surface area contributed by atoms with E-state index in [2.05, 4.69) is 23.9 Å². The number of sulfonamides is 1. The van der Waals surface area contributed by atoms with Gasteiger partial charge in [0, 0.05) is 13.2 Å². The van der Waals surface area contributed by atoms with Crippen LogP contribution in [0.25, 0.3) is 0 Å². The monoisotopic (exact) mass is 363 g/mol. The van der Waals surface area contributed by atoms with Crippen LogP contribution in [0.5, 0.6) is 0 Å². The van der Waals surface area contributed by atoms with E-state index in [4.69, 9.17) is 0 Å². The molecule has 1 aromatic heterocycles. The van der Waals surface area contributed by atoms with E-state index in [1.807, 2.05) is 30.3 Å². The number of hydrogen-bond acceptors (Lipinski definition) is 3. The Morgan fingerprint density at radius 1 is 1.20 bits per heavy atom. The van der Waals surface area contributed by atoms with Crippen LogP contribution >= 0.6 is 0 Å². The van der Waals surface area contributed by atoms with Gasteiger partial charge >= 0.3 is 0 Å².